The topological polar surface area (TPSA) is 36.9 Å². The van der Waals surface area contributed by atoms with Gasteiger partial charge in [-0.3, -0.25) is 0 Å². The maximum Gasteiger partial charge on any atom is 0.494 e. The van der Waals surface area contributed by atoms with Crippen LogP contribution in [0.4, 0.5) is 0 Å². The Morgan fingerprint density at radius 3 is 1.65 bits per heavy atom. The summed E-state index contributed by atoms with van der Waals surface area (Å²) < 4.78 is 24.5. The predicted molar refractivity (Wildman–Crippen MR) is 93.1 cm³/mol. The van der Waals surface area contributed by atoms with E-state index in [4.69, 9.17) is 18.6 Å². The minimum Gasteiger partial charge on any atom is -0.403 e. The van der Waals surface area contributed by atoms with E-state index in [-0.39, 0.29) is 42.5 Å². The van der Waals surface area contributed by atoms with Crippen molar-refractivity contribution in [1.82, 2.24) is 0 Å². The van der Waals surface area contributed by atoms with E-state index < -0.39 is 0 Å². The number of hydrogen-bond donors (Lipinski definition) is 0. The molecule has 2 heterocycles. The van der Waals surface area contributed by atoms with E-state index in [1.165, 1.54) is 0 Å². The first-order valence-electron chi connectivity index (χ1n) is 8.46. The molecule has 3 aliphatic rings. The molecule has 23 heavy (non-hydrogen) atoms. The van der Waals surface area contributed by atoms with E-state index in [0.29, 0.717) is 0 Å². The van der Waals surface area contributed by atoms with Crippen molar-refractivity contribution >= 4 is 14.2 Å². The van der Waals surface area contributed by atoms with Gasteiger partial charge in [0.1, 0.15) is 0 Å². The van der Waals surface area contributed by atoms with E-state index in [9.17, 15) is 0 Å². The van der Waals surface area contributed by atoms with Gasteiger partial charge in [-0.2, -0.15) is 0 Å². The van der Waals surface area contributed by atoms with Crippen LogP contribution in [0.1, 0.15) is 55.4 Å². The summed E-state index contributed by atoms with van der Waals surface area (Å²) in [5.74, 6) is 0.0880. The third-order valence-corrected chi connectivity index (χ3v) is 6.01. The van der Waals surface area contributed by atoms with Crippen molar-refractivity contribution < 1.29 is 18.6 Å². The third-order valence-electron chi connectivity index (χ3n) is 6.01. The van der Waals surface area contributed by atoms with Gasteiger partial charge < -0.3 is 18.6 Å². The van der Waals surface area contributed by atoms with Gasteiger partial charge in [-0.05, 0) is 60.9 Å². The number of rotatable bonds is 2. The SMILES string of the molecule is CC1(C)OB(C2=CC(B3OC(C)(C)C(C)(C)O3)C=C2)OC1(C)C. The molecule has 1 aliphatic carbocycles. The van der Waals surface area contributed by atoms with Gasteiger partial charge in [0.05, 0.1) is 22.4 Å². The first kappa shape index (κ1) is 17.3. The van der Waals surface area contributed by atoms with Gasteiger partial charge in [-0.25, -0.2) is 0 Å². The molecule has 0 bridgehead atoms. The Hall–Kier alpha value is -0.550. The molecule has 0 aromatic rings. The average molecular weight is 318 g/mol. The van der Waals surface area contributed by atoms with Gasteiger partial charge in [0, 0.05) is 5.82 Å². The lowest BCUT2D eigenvalue weighted by Gasteiger charge is -2.32. The maximum absolute atomic E-state index is 6.14. The minimum atomic E-state index is -0.330. The Balaban J connectivity index is 1.73. The molecule has 126 valence electrons. The summed E-state index contributed by atoms with van der Waals surface area (Å²) in [6, 6.07) is 0. The largest absolute Gasteiger partial charge is 0.494 e. The second kappa shape index (κ2) is 4.98. The molecule has 6 heteroatoms. The van der Waals surface area contributed by atoms with Crippen molar-refractivity contribution in [3.63, 3.8) is 0 Å². The van der Waals surface area contributed by atoms with E-state index >= 15 is 0 Å². The highest BCUT2D eigenvalue weighted by Crippen LogP contribution is 2.44. The van der Waals surface area contributed by atoms with Crippen molar-refractivity contribution in [3.05, 3.63) is 23.7 Å². The summed E-state index contributed by atoms with van der Waals surface area (Å²) in [6.45, 7) is 16.6. The second-order valence-corrected chi connectivity index (χ2v) is 8.82. The first-order chi connectivity index (χ1) is 10.3. The van der Waals surface area contributed by atoms with Gasteiger partial charge in [0.2, 0.25) is 0 Å². The van der Waals surface area contributed by atoms with Crippen LogP contribution in [-0.2, 0) is 18.6 Å². The summed E-state index contributed by atoms with van der Waals surface area (Å²) in [6.07, 6.45) is 6.32. The summed E-state index contributed by atoms with van der Waals surface area (Å²) in [7, 11) is -0.597. The zero-order valence-corrected chi connectivity index (χ0v) is 15.6. The van der Waals surface area contributed by atoms with Crippen molar-refractivity contribution in [2.24, 2.45) is 0 Å². The lowest BCUT2D eigenvalue weighted by molar-refractivity contribution is 0.00578. The predicted octanol–water partition coefficient (Wildman–Crippen LogP) is 3.58. The molecule has 0 spiro atoms. The molecule has 0 amide bonds. The second-order valence-electron chi connectivity index (χ2n) is 8.82. The van der Waals surface area contributed by atoms with Crippen LogP contribution in [0.5, 0.6) is 0 Å². The molecule has 2 saturated heterocycles. The third kappa shape index (κ3) is 2.74. The van der Waals surface area contributed by atoms with Crippen LogP contribution in [0.2, 0.25) is 5.82 Å². The van der Waals surface area contributed by atoms with Gasteiger partial charge in [0.15, 0.2) is 0 Å². The molecule has 2 fully saturated rings. The molecule has 0 radical (unpaired) electrons. The van der Waals surface area contributed by atoms with Crippen molar-refractivity contribution in [1.29, 1.82) is 0 Å². The first-order valence-corrected chi connectivity index (χ1v) is 8.46. The molecule has 1 unspecified atom stereocenters. The van der Waals surface area contributed by atoms with E-state index in [1.54, 1.807) is 0 Å². The smallest absolute Gasteiger partial charge is 0.403 e. The van der Waals surface area contributed by atoms with Gasteiger partial charge in [-0.1, -0.05) is 18.2 Å². The molecule has 0 saturated carbocycles. The molecule has 1 atom stereocenters. The summed E-state index contributed by atoms with van der Waals surface area (Å²) in [5.41, 5.74) is -0.231. The van der Waals surface area contributed by atoms with E-state index in [1.807, 2.05) is 0 Å². The highest BCUT2D eigenvalue weighted by atomic mass is 16.7. The fourth-order valence-electron chi connectivity index (χ4n) is 2.91. The molecule has 0 aromatic carbocycles. The highest BCUT2D eigenvalue weighted by molar-refractivity contribution is 6.57. The standard InChI is InChI=1S/C17H28B2O4/c1-14(2)15(3,4)21-18(20-14)12-9-10-13(11-12)19-22-16(5,6)17(7,8)23-19/h9-12H,1-8H3. The zero-order chi connectivity index (χ0) is 17.3. The maximum atomic E-state index is 6.14. The summed E-state index contributed by atoms with van der Waals surface area (Å²) in [5, 5.41) is 0. The van der Waals surface area contributed by atoms with Crippen LogP contribution >= 0.6 is 0 Å². The molecule has 0 aromatic heterocycles. The number of allylic oxidation sites excluding steroid dienone is 4. The zero-order valence-electron chi connectivity index (χ0n) is 15.6. The van der Waals surface area contributed by atoms with Gasteiger partial charge in [0.25, 0.3) is 0 Å². The average Bonchev–Trinajstić information content (AvgIpc) is 2.96. The van der Waals surface area contributed by atoms with Gasteiger partial charge >= 0.3 is 14.2 Å². The Labute approximate surface area is 140 Å². The molecular weight excluding hydrogens is 290 g/mol. The fraction of sp³-hybridized carbons (Fsp3) is 0.765. The van der Waals surface area contributed by atoms with Crippen LogP contribution in [-0.4, -0.2) is 36.6 Å². The lowest BCUT2D eigenvalue weighted by atomic mass is 9.71. The van der Waals surface area contributed by atoms with Crippen molar-refractivity contribution in [2.45, 2.75) is 83.6 Å². The minimum absolute atomic E-state index is 0.0880. The van der Waals surface area contributed by atoms with Crippen LogP contribution in [0.15, 0.2) is 23.7 Å². The van der Waals surface area contributed by atoms with E-state index in [0.717, 1.165) is 5.47 Å². The molecule has 2 aliphatic heterocycles. The Morgan fingerprint density at radius 1 is 0.739 bits per heavy atom. The van der Waals surface area contributed by atoms with Crippen LogP contribution in [0.25, 0.3) is 0 Å². The van der Waals surface area contributed by atoms with Crippen LogP contribution in [0, 0.1) is 0 Å². The molecular formula is C17H28B2O4. The lowest BCUT2D eigenvalue weighted by Crippen LogP contribution is -2.41. The Morgan fingerprint density at radius 2 is 1.17 bits per heavy atom. The van der Waals surface area contributed by atoms with Gasteiger partial charge in [-0.15, -0.1) is 0 Å². The number of hydrogen-bond acceptors (Lipinski definition) is 4. The van der Waals surface area contributed by atoms with Crippen molar-refractivity contribution in [2.75, 3.05) is 0 Å². The Bertz CT molecular complexity index is 531. The van der Waals surface area contributed by atoms with E-state index in [2.05, 4.69) is 73.6 Å². The van der Waals surface area contributed by atoms with Crippen LogP contribution < -0.4 is 0 Å². The highest BCUT2D eigenvalue weighted by Gasteiger charge is 2.55. The normalized spacial score (nSPS) is 33.4. The monoisotopic (exact) mass is 318 g/mol. The van der Waals surface area contributed by atoms with Crippen LogP contribution in [0.3, 0.4) is 0 Å². The Kier molecular flexibility index (Phi) is 3.74. The quantitative estimate of drug-likeness (QED) is 0.729. The summed E-state index contributed by atoms with van der Waals surface area (Å²) in [4.78, 5) is 0. The molecule has 3 rings (SSSR count). The molecule has 4 nitrogen and oxygen atoms in total. The molecule has 0 N–H and O–H groups in total. The fourth-order valence-corrected chi connectivity index (χ4v) is 2.91. The summed E-state index contributed by atoms with van der Waals surface area (Å²) >= 11 is 0. The van der Waals surface area contributed by atoms with Crippen molar-refractivity contribution in [3.8, 4) is 0 Å².